The van der Waals surface area contributed by atoms with E-state index in [2.05, 4.69) is 24.5 Å². The fraction of sp³-hybridized carbons (Fsp3) is 0.417. The second-order valence-electron chi connectivity index (χ2n) is 4.21. The van der Waals surface area contributed by atoms with Crippen molar-refractivity contribution in [3.8, 4) is 0 Å². The van der Waals surface area contributed by atoms with Crippen LogP contribution in [0.3, 0.4) is 0 Å². The molecule has 0 spiro atoms. The maximum Gasteiger partial charge on any atom is 0.166 e. The molecule has 5 heteroatoms. The molecule has 94 valence electrons. The third-order valence-corrected chi connectivity index (χ3v) is 2.40. The van der Waals surface area contributed by atoms with Crippen LogP contribution in [0.4, 0.5) is 8.78 Å². The Morgan fingerprint density at radius 1 is 1.24 bits per heavy atom. The van der Waals surface area contributed by atoms with Crippen molar-refractivity contribution in [1.82, 2.24) is 10.6 Å². The van der Waals surface area contributed by atoms with Gasteiger partial charge in [-0.2, -0.15) is 0 Å². The molecule has 0 radical (unpaired) electrons. The van der Waals surface area contributed by atoms with Crippen LogP contribution in [0.5, 0.6) is 0 Å². The molecular weight excluding hydrogens is 242 g/mol. The van der Waals surface area contributed by atoms with E-state index in [1.807, 2.05) is 0 Å². The van der Waals surface area contributed by atoms with Crippen LogP contribution in [-0.4, -0.2) is 11.7 Å². The first-order valence-electron chi connectivity index (χ1n) is 5.44. The lowest BCUT2D eigenvalue weighted by atomic mass is 10.2. The molecule has 2 nitrogen and oxygen atoms in total. The summed E-state index contributed by atoms with van der Waals surface area (Å²) >= 11 is 5.04. The zero-order chi connectivity index (χ0) is 12.8. The lowest BCUT2D eigenvalue weighted by molar-refractivity contribution is 0.507. The van der Waals surface area contributed by atoms with Crippen molar-refractivity contribution in [3.05, 3.63) is 35.4 Å². The Labute approximate surface area is 105 Å². The number of hydrogen-bond acceptors (Lipinski definition) is 1. The van der Waals surface area contributed by atoms with Crippen molar-refractivity contribution in [2.24, 2.45) is 5.92 Å². The minimum atomic E-state index is -0.842. The average Bonchev–Trinajstić information content (AvgIpc) is 2.28. The monoisotopic (exact) mass is 258 g/mol. The molecule has 1 rings (SSSR count). The smallest absolute Gasteiger partial charge is 0.166 e. The van der Waals surface area contributed by atoms with Crippen LogP contribution in [-0.2, 0) is 6.54 Å². The average molecular weight is 258 g/mol. The fourth-order valence-electron chi connectivity index (χ4n) is 1.19. The summed E-state index contributed by atoms with van der Waals surface area (Å²) in [6.45, 7) is 5.31. The zero-order valence-electron chi connectivity index (χ0n) is 9.89. The third-order valence-electron chi connectivity index (χ3n) is 2.11. The molecule has 0 unspecified atom stereocenters. The Hall–Kier alpha value is -1.23. The quantitative estimate of drug-likeness (QED) is 0.812. The third kappa shape index (κ3) is 5.08. The van der Waals surface area contributed by atoms with Crippen LogP contribution < -0.4 is 10.6 Å². The van der Waals surface area contributed by atoms with Gasteiger partial charge in [-0.15, -0.1) is 0 Å². The lowest BCUT2D eigenvalue weighted by Gasteiger charge is -2.12. The standard InChI is InChI=1S/C12H16F2N2S/c1-8(2)6-15-12(17)16-7-9-3-4-10(13)11(14)5-9/h3-5,8H,6-7H2,1-2H3,(H2,15,16,17). The normalized spacial score (nSPS) is 10.4. The maximum absolute atomic E-state index is 12.9. The van der Waals surface area contributed by atoms with E-state index in [1.165, 1.54) is 6.07 Å². The van der Waals surface area contributed by atoms with Gasteiger partial charge in [0, 0.05) is 13.1 Å². The van der Waals surface area contributed by atoms with E-state index in [9.17, 15) is 8.78 Å². The van der Waals surface area contributed by atoms with Crippen LogP contribution in [0.2, 0.25) is 0 Å². The molecule has 0 aliphatic carbocycles. The van der Waals surface area contributed by atoms with Crippen molar-refractivity contribution in [2.75, 3.05) is 6.54 Å². The van der Waals surface area contributed by atoms with Crippen LogP contribution in [0.25, 0.3) is 0 Å². The van der Waals surface area contributed by atoms with Gasteiger partial charge in [0.15, 0.2) is 16.7 Å². The second-order valence-corrected chi connectivity index (χ2v) is 4.61. The van der Waals surface area contributed by atoms with Crippen molar-refractivity contribution >= 4 is 17.3 Å². The number of halogens is 2. The second kappa shape index (κ2) is 6.49. The molecule has 0 aliphatic rings. The first-order valence-corrected chi connectivity index (χ1v) is 5.85. The number of benzene rings is 1. The zero-order valence-corrected chi connectivity index (χ0v) is 10.7. The van der Waals surface area contributed by atoms with Gasteiger partial charge in [0.25, 0.3) is 0 Å². The number of thiocarbonyl (C=S) groups is 1. The minimum Gasteiger partial charge on any atom is -0.362 e. The Balaban J connectivity index is 2.39. The molecular formula is C12H16F2N2S. The summed E-state index contributed by atoms with van der Waals surface area (Å²) in [5.74, 6) is -1.18. The summed E-state index contributed by atoms with van der Waals surface area (Å²) in [4.78, 5) is 0. The highest BCUT2D eigenvalue weighted by Gasteiger charge is 2.03. The number of rotatable bonds is 4. The van der Waals surface area contributed by atoms with E-state index in [0.29, 0.717) is 23.1 Å². The van der Waals surface area contributed by atoms with Gasteiger partial charge < -0.3 is 10.6 Å². The largest absolute Gasteiger partial charge is 0.362 e. The molecule has 0 atom stereocenters. The number of hydrogen-bond donors (Lipinski definition) is 2. The van der Waals surface area contributed by atoms with Crippen LogP contribution in [0.1, 0.15) is 19.4 Å². The predicted octanol–water partition coefficient (Wildman–Crippen LogP) is 2.58. The van der Waals surface area contributed by atoms with Gasteiger partial charge in [-0.05, 0) is 35.8 Å². The van der Waals surface area contributed by atoms with Crippen molar-refractivity contribution < 1.29 is 8.78 Å². The molecule has 17 heavy (non-hydrogen) atoms. The van der Waals surface area contributed by atoms with Gasteiger partial charge in [0.1, 0.15) is 0 Å². The summed E-state index contributed by atoms with van der Waals surface area (Å²) in [6, 6.07) is 3.79. The fourth-order valence-corrected chi connectivity index (χ4v) is 1.35. The number of nitrogens with one attached hydrogen (secondary N) is 2. The molecule has 1 aromatic carbocycles. The molecule has 0 bridgehead atoms. The Morgan fingerprint density at radius 2 is 1.94 bits per heavy atom. The Bertz CT molecular complexity index is 394. The SMILES string of the molecule is CC(C)CNC(=S)NCc1ccc(F)c(F)c1. The van der Waals surface area contributed by atoms with Gasteiger partial charge in [-0.3, -0.25) is 0 Å². The molecule has 0 aromatic heterocycles. The van der Waals surface area contributed by atoms with Gasteiger partial charge in [-0.25, -0.2) is 8.78 Å². The molecule has 0 saturated heterocycles. The highest BCUT2D eigenvalue weighted by atomic mass is 32.1. The van der Waals surface area contributed by atoms with E-state index in [-0.39, 0.29) is 0 Å². The van der Waals surface area contributed by atoms with Gasteiger partial charge >= 0.3 is 0 Å². The molecule has 2 N–H and O–H groups in total. The molecule has 0 amide bonds. The first kappa shape index (κ1) is 13.8. The summed E-state index contributed by atoms with van der Waals surface area (Å²) in [5.41, 5.74) is 0.651. The van der Waals surface area contributed by atoms with Crippen LogP contribution >= 0.6 is 12.2 Å². The van der Waals surface area contributed by atoms with Crippen molar-refractivity contribution in [3.63, 3.8) is 0 Å². The van der Waals surface area contributed by atoms with E-state index < -0.39 is 11.6 Å². The summed E-state index contributed by atoms with van der Waals surface area (Å²) in [6.07, 6.45) is 0. The molecule has 0 saturated carbocycles. The predicted molar refractivity (Wildman–Crippen MR) is 68.6 cm³/mol. The van der Waals surface area contributed by atoms with Gasteiger partial charge in [0.05, 0.1) is 0 Å². The minimum absolute atomic E-state index is 0.376. The van der Waals surface area contributed by atoms with Crippen molar-refractivity contribution in [1.29, 1.82) is 0 Å². The highest BCUT2D eigenvalue weighted by Crippen LogP contribution is 2.08. The molecule has 1 aromatic rings. The molecule has 0 heterocycles. The molecule has 0 fully saturated rings. The van der Waals surface area contributed by atoms with E-state index in [1.54, 1.807) is 0 Å². The van der Waals surface area contributed by atoms with E-state index in [4.69, 9.17) is 12.2 Å². The summed E-state index contributed by atoms with van der Waals surface area (Å²) in [7, 11) is 0. The molecule has 0 aliphatic heterocycles. The Kier molecular flexibility index (Phi) is 5.28. The summed E-state index contributed by atoms with van der Waals surface area (Å²) < 4.78 is 25.6. The van der Waals surface area contributed by atoms with Crippen molar-refractivity contribution in [2.45, 2.75) is 20.4 Å². The van der Waals surface area contributed by atoms with Crippen LogP contribution in [0, 0.1) is 17.6 Å². The van der Waals surface area contributed by atoms with E-state index >= 15 is 0 Å². The van der Waals surface area contributed by atoms with Crippen LogP contribution in [0.15, 0.2) is 18.2 Å². The maximum atomic E-state index is 12.9. The summed E-state index contributed by atoms with van der Waals surface area (Å²) in [5, 5.41) is 6.48. The first-order chi connectivity index (χ1) is 7.99. The van der Waals surface area contributed by atoms with Gasteiger partial charge in [0.2, 0.25) is 0 Å². The van der Waals surface area contributed by atoms with Gasteiger partial charge in [-0.1, -0.05) is 19.9 Å². The topological polar surface area (TPSA) is 24.1 Å². The Morgan fingerprint density at radius 3 is 2.53 bits per heavy atom. The lowest BCUT2D eigenvalue weighted by Crippen LogP contribution is -2.36. The van der Waals surface area contributed by atoms with E-state index in [0.717, 1.165) is 18.7 Å². The highest BCUT2D eigenvalue weighted by molar-refractivity contribution is 7.80.